The summed E-state index contributed by atoms with van der Waals surface area (Å²) in [6.07, 6.45) is 4.43. The van der Waals surface area contributed by atoms with Gasteiger partial charge in [0.1, 0.15) is 5.82 Å². The summed E-state index contributed by atoms with van der Waals surface area (Å²) in [5, 5.41) is 15.1. The van der Waals surface area contributed by atoms with E-state index in [1.54, 1.807) is 30.1 Å². The Bertz CT molecular complexity index is 722. The van der Waals surface area contributed by atoms with E-state index in [0.717, 1.165) is 17.8 Å². The van der Waals surface area contributed by atoms with E-state index >= 15 is 0 Å². The predicted octanol–water partition coefficient (Wildman–Crippen LogP) is 1.91. The number of amides is 1. The fraction of sp³-hybridized carbons (Fsp3) is 0.0714. The molecule has 0 fully saturated rings. The van der Waals surface area contributed by atoms with Crippen LogP contribution < -0.4 is 5.32 Å². The topological polar surface area (TPSA) is 84.2 Å². The van der Waals surface area contributed by atoms with E-state index in [9.17, 15) is 14.0 Å². The Hall–Kier alpha value is -2.96. The van der Waals surface area contributed by atoms with E-state index in [1.807, 2.05) is 0 Å². The number of benzene rings is 1. The number of halogens is 1. The van der Waals surface area contributed by atoms with Crippen LogP contribution in [0.15, 0.2) is 36.5 Å². The molecule has 0 aliphatic carbocycles. The number of hydrogen-bond donors (Lipinski definition) is 2. The van der Waals surface area contributed by atoms with Crippen molar-refractivity contribution in [2.45, 2.75) is 0 Å². The highest BCUT2D eigenvalue weighted by Gasteiger charge is 2.10. The van der Waals surface area contributed by atoms with E-state index < -0.39 is 23.3 Å². The lowest BCUT2D eigenvalue weighted by Crippen LogP contribution is -2.09. The van der Waals surface area contributed by atoms with Gasteiger partial charge in [-0.25, -0.2) is 9.18 Å². The Balaban J connectivity index is 2.06. The molecule has 21 heavy (non-hydrogen) atoms. The first-order valence-corrected chi connectivity index (χ1v) is 5.97. The zero-order chi connectivity index (χ0) is 15.4. The summed E-state index contributed by atoms with van der Waals surface area (Å²) < 4.78 is 15.0. The van der Waals surface area contributed by atoms with E-state index in [4.69, 9.17) is 5.11 Å². The monoisotopic (exact) mass is 289 g/mol. The van der Waals surface area contributed by atoms with Gasteiger partial charge in [-0.05, 0) is 30.3 Å². The molecule has 0 unspecified atom stereocenters. The van der Waals surface area contributed by atoms with Crippen LogP contribution in [0.25, 0.3) is 6.08 Å². The minimum Gasteiger partial charge on any atom is -0.478 e. The van der Waals surface area contributed by atoms with E-state index in [-0.39, 0.29) is 5.69 Å². The number of aromatic nitrogens is 2. The van der Waals surface area contributed by atoms with Crippen LogP contribution in [0.4, 0.5) is 10.1 Å². The first-order valence-electron chi connectivity index (χ1n) is 5.97. The average molecular weight is 289 g/mol. The van der Waals surface area contributed by atoms with Crippen LogP contribution in [0.1, 0.15) is 16.1 Å². The minimum absolute atomic E-state index is 0.178. The number of carboxylic acids is 1. The third kappa shape index (κ3) is 3.53. The lowest BCUT2D eigenvalue weighted by molar-refractivity contribution is -0.111. The number of rotatable bonds is 4. The van der Waals surface area contributed by atoms with Crippen LogP contribution in [0.5, 0.6) is 0 Å². The fourth-order valence-corrected chi connectivity index (χ4v) is 1.66. The molecule has 0 saturated heterocycles. The number of carboxylic acid groups (broad SMARTS) is 1. The van der Waals surface area contributed by atoms with Crippen molar-refractivity contribution in [3.63, 3.8) is 0 Å². The molecule has 0 aliphatic heterocycles. The molecule has 0 bridgehead atoms. The molecule has 2 rings (SSSR count). The second-order valence-electron chi connectivity index (χ2n) is 4.20. The van der Waals surface area contributed by atoms with Gasteiger partial charge in [0.05, 0.1) is 11.3 Å². The molecule has 0 radical (unpaired) electrons. The number of carbonyl (C=O) groups is 2. The van der Waals surface area contributed by atoms with Gasteiger partial charge < -0.3 is 10.4 Å². The summed E-state index contributed by atoms with van der Waals surface area (Å²) >= 11 is 0. The van der Waals surface area contributed by atoms with Crippen molar-refractivity contribution in [3.8, 4) is 0 Å². The summed E-state index contributed by atoms with van der Waals surface area (Å²) in [6, 6.07) is 5.10. The van der Waals surface area contributed by atoms with Crippen molar-refractivity contribution in [2.75, 3.05) is 5.32 Å². The first kappa shape index (κ1) is 14.4. The molecule has 0 saturated carbocycles. The van der Waals surface area contributed by atoms with Crippen LogP contribution >= 0.6 is 0 Å². The van der Waals surface area contributed by atoms with Crippen molar-refractivity contribution in [1.82, 2.24) is 9.78 Å². The summed E-state index contributed by atoms with van der Waals surface area (Å²) in [6.45, 7) is 0. The van der Waals surface area contributed by atoms with Gasteiger partial charge in [-0.3, -0.25) is 9.48 Å². The van der Waals surface area contributed by atoms with Crippen LogP contribution in [0.2, 0.25) is 0 Å². The number of nitrogens with zero attached hydrogens (tertiary/aromatic N) is 2. The molecule has 1 aromatic carbocycles. The highest BCUT2D eigenvalue weighted by atomic mass is 19.1. The number of nitrogens with one attached hydrogen (secondary N) is 1. The van der Waals surface area contributed by atoms with Gasteiger partial charge in [-0.2, -0.15) is 5.10 Å². The van der Waals surface area contributed by atoms with Gasteiger partial charge in [0.15, 0.2) is 0 Å². The Labute approximate surface area is 119 Å². The SMILES string of the molecule is Cn1nccc1/C=C/C(=O)Nc1ccc(C(=O)O)c(F)c1. The second kappa shape index (κ2) is 6.00. The Morgan fingerprint density at radius 3 is 2.71 bits per heavy atom. The van der Waals surface area contributed by atoms with Crippen LogP contribution in [-0.2, 0) is 11.8 Å². The van der Waals surface area contributed by atoms with E-state index in [1.165, 1.54) is 12.1 Å². The average Bonchev–Trinajstić information content (AvgIpc) is 2.81. The van der Waals surface area contributed by atoms with Crippen molar-refractivity contribution in [1.29, 1.82) is 0 Å². The molecule has 1 amide bonds. The number of hydrogen-bond acceptors (Lipinski definition) is 3. The highest BCUT2D eigenvalue weighted by molar-refractivity contribution is 6.02. The number of carbonyl (C=O) groups excluding carboxylic acids is 1. The number of aryl methyl sites for hydroxylation is 1. The summed E-state index contributed by atoms with van der Waals surface area (Å²) in [5.41, 5.74) is 0.466. The van der Waals surface area contributed by atoms with E-state index in [0.29, 0.717) is 0 Å². The molecular weight excluding hydrogens is 277 g/mol. The second-order valence-corrected chi connectivity index (χ2v) is 4.20. The third-order valence-electron chi connectivity index (χ3n) is 2.73. The maximum Gasteiger partial charge on any atom is 0.338 e. The molecule has 2 aromatic rings. The molecule has 108 valence electrons. The van der Waals surface area contributed by atoms with Gasteiger partial charge in [0.2, 0.25) is 5.91 Å². The Morgan fingerprint density at radius 1 is 1.38 bits per heavy atom. The maximum atomic E-state index is 13.5. The van der Waals surface area contributed by atoms with Crippen molar-refractivity contribution in [3.05, 3.63) is 53.6 Å². The predicted molar refractivity (Wildman–Crippen MR) is 74.2 cm³/mol. The molecular formula is C14H12FN3O3. The van der Waals surface area contributed by atoms with Gasteiger partial charge >= 0.3 is 5.97 Å². The normalized spacial score (nSPS) is 10.8. The molecule has 7 heteroatoms. The summed E-state index contributed by atoms with van der Waals surface area (Å²) in [4.78, 5) is 22.4. The first-order chi connectivity index (χ1) is 9.97. The molecule has 1 aromatic heterocycles. The van der Waals surface area contributed by atoms with Crippen LogP contribution in [-0.4, -0.2) is 26.8 Å². The smallest absolute Gasteiger partial charge is 0.338 e. The molecule has 1 heterocycles. The quantitative estimate of drug-likeness (QED) is 0.842. The van der Waals surface area contributed by atoms with Crippen LogP contribution in [0.3, 0.4) is 0 Å². The molecule has 6 nitrogen and oxygen atoms in total. The zero-order valence-corrected chi connectivity index (χ0v) is 11.1. The minimum atomic E-state index is -1.36. The Kier molecular flexibility index (Phi) is 4.13. The lowest BCUT2D eigenvalue weighted by Gasteiger charge is -2.04. The summed E-state index contributed by atoms with van der Waals surface area (Å²) in [7, 11) is 1.73. The third-order valence-corrected chi connectivity index (χ3v) is 2.73. The van der Waals surface area contributed by atoms with Crippen molar-refractivity contribution < 1.29 is 19.1 Å². The summed E-state index contributed by atoms with van der Waals surface area (Å²) in [5.74, 6) is -2.73. The lowest BCUT2D eigenvalue weighted by atomic mass is 10.2. The zero-order valence-electron chi connectivity index (χ0n) is 11.1. The van der Waals surface area contributed by atoms with Crippen molar-refractivity contribution >= 4 is 23.6 Å². The van der Waals surface area contributed by atoms with Gasteiger partial charge in [-0.15, -0.1) is 0 Å². The maximum absolute atomic E-state index is 13.5. The van der Waals surface area contributed by atoms with E-state index in [2.05, 4.69) is 10.4 Å². The van der Waals surface area contributed by atoms with Gasteiger partial charge in [0, 0.05) is 25.0 Å². The van der Waals surface area contributed by atoms with Crippen LogP contribution in [0, 0.1) is 5.82 Å². The fourth-order valence-electron chi connectivity index (χ4n) is 1.66. The molecule has 0 aliphatic rings. The number of anilines is 1. The number of aromatic carboxylic acids is 1. The standard InChI is InChI=1S/C14H12FN3O3/c1-18-10(6-7-16-18)3-5-13(19)17-9-2-4-11(14(20)21)12(15)8-9/h2-8H,1H3,(H,17,19)(H,20,21)/b5-3+. The molecule has 2 N–H and O–H groups in total. The largest absolute Gasteiger partial charge is 0.478 e. The highest BCUT2D eigenvalue weighted by Crippen LogP contribution is 2.14. The van der Waals surface area contributed by atoms with Gasteiger partial charge in [-0.1, -0.05) is 0 Å². The Morgan fingerprint density at radius 2 is 2.14 bits per heavy atom. The molecule has 0 spiro atoms. The van der Waals surface area contributed by atoms with Crippen molar-refractivity contribution in [2.24, 2.45) is 7.05 Å². The van der Waals surface area contributed by atoms with Gasteiger partial charge in [0.25, 0.3) is 0 Å². The molecule has 0 atom stereocenters.